The molecule has 0 saturated carbocycles. The fourth-order valence-corrected chi connectivity index (χ4v) is 1.26. The first-order valence-corrected chi connectivity index (χ1v) is 4.68. The van der Waals surface area contributed by atoms with Gasteiger partial charge >= 0.3 is 0 Å². The summed E-state index contributed by atoms with van der Waals surface area (Å²) in [6, 6.07) is 2.82. The maximum absolute atomic E-state index is 12.9. The van der Waals surface area contributed by atoms with Crippen molar-refractivity contribution in [3.8, 4) is 0 Å². The van der Waals surface area contributed by atoms with Crippen molar-refractivity contribution in [2.45, 2.75) is 0 Å². The van der Waals surface area contributed by atoms with E-state index >= 15 is 0 Å². The Morgan fingerprint density at radius 2 is 2.28 bits per heavy atom. The quantitative estimate of drug-likeness (QED) is 0.626. The number of nitro groups is 1. The van der Waals surface area contributed by atoms with E-state index in [0.717, 1.165) is 24.5 Å². The minimum absolute atomic E-state index is 0.103. The summed E-state index contributed by atoms with van der Waals surface area (Å²) in [4.78, 5) is 25.1. The van der Waals surface area contributed by atoms with Gasteiger partial charge in [-0.2, -0.15) is 5.10 Å². The Kier molecular flexibility index (Phi) is 2.96. The van der Waals surface area contributed by atoms with Gasteiger partial charge in [0.25, 0.3) is 11.6 Å². The van der Waals surface area contributed by atoms with Crippen LogP contribution in [0.2, 0.25) is 0 Å². The van der Waals surface area contributed by atoms with E-state index in [9.17, 15) is 19.3 Å². The number of amides is 1. The molecule has 0 atom stereocenters. The normalized spacial score (nSPS) is 10.1. The molecule has 8 nitrogen and oxygen atoms in total. The summed E-state index contributed by atoms with van der Waals surface area (Å²) in [6.07, 6.45) is 1.12. The molecule has 2 rings (SSSR count). The van der Waals surface area contributed by atoms with Gasteiger partial charge in [0.1, 0.15) is 17.8 Å². The lowest BCUT2D eigenvalue weighted by Crippen LogP contribution is -2.14. The maximum Gasteiger partial charge on any atom is 0.295 e. The predicted octanol–water partition coefficient (Wildman–Crippen LogP) is 1.10. The fraction of sp³-hybridized carbons (Fsp3) is 0. The van der Waals surface area contributed by atoms with Crippen LogP contribution in [0.1, 0.15) is 10.6 Å². The van der Waals surface area contributed by atoms with Gasteiger partial charge in [-0.25, -0.2) is 9.37 Å². The van der Waals surface area contributed by atoms with Crippen molar-refractivity contribution < 1.29 is 14.1 Å². The Labute approximate surface area is 99.0 Å². The molecule has 0 fully saturated rings. The van der Waals surface area contributed by atoms with Crippen molar-refractivity contribution in [2.24, 2.45) is 0 Å². The van der Waals surface area contributed by atoms with E-state index in [0.29, 0.717) is 0 Å². The first-order valence-electron chi connectivity index (χ1n) is 4.68. The number of hydrogen-bond acceptors (Lipinski definition) is 5. The van der Waals surface area contributed by atoms with Crippen LogP contribution in [0.15, 0.2) is 24.5 Å². The van der Waals surface area contributed by atoms with Crippen molar-refractivity contribution in [3.63, 3.8) is 0 Å². The molecule has 0 aliphatic carbocycles. The Bertz CT molecular complexity index is 598. The molecule has 0 bridgehead atoms. The highest BCUT2D eigenvalue weighted by atomic mass is 19.1. The molecule has 1 amide bonds. The number of H-pyrrole nitrogens is 1. The molecule has 0 aliphatic heterocycles. The molecule has 1 aromatic carbocycles. The minimum Gasteiger partial charge on any atom is -0.313 e. The highest BCUT2D eigenvalue weighted by Crippen LogP contribution is 2.25. The lowest BCUT2D eigenvalue weighted by atomic mass is 10.2. The van der Waals surface area contributed by atoms with Gasteiger partial charge in [-0.15, -0.1) is 0 Å². The average Bonchev–Trinajstić information content (AvgIpc) is 2.84. The highest BCUT2D eigenvalue weighted by Gasteiger charge is 2.18. The molecule has 0 aliphatic rings. The van der Waals surface area contributed by atoms with Crippen molar-refractivity contribution >= 4 is 17.3 Å². The van der Waals surface area contributed by atoms with Crippen molar-refractivity contribution in [2.75, 3.05) is 5.32 Å². The van der Waals surface area contributed by atoms with E-state index in [1.807, 2.05) is 0 Å². The van der Waals surface area contributed by atoms with Crippen molar-refractivity contribution in [1.82, 2.24) is 15.2 Å². The third kappa shape index (κ3) is 2.29. The Balaban J connectivity index is 2.29. The summed E-state index contributed by atoms with van der Waals surface area (Å²) in [5, 5.41) is 18.7. The molecule has 2 N–H and O–H groups in total. The molecule has 1 heterocycles. The number of aromatic amines is 1. The monoisotopic (exact) mass is 251 g/mol. The number of halogens is 1. The van der Waals surface area contributed by atoms with E-state index in [-0.39, 0.29) is 11.5 Å². The maximum atomic E-state index is 12.9. The third-order valence-corrected chi connectivity index (χ3v) is 2.03. The third-order valence-electron chi connectivity index (χ3n) is 2.03. The second-order valence-electron chi connectivity index (χ2n) is 3.21. The Morgan fingerprint density at radius 1 is 1.50 bits per heavy atom. The fourth-order valence-electron chi connectivity index (χ4n) is 1.26. The Morgan fingerprint density at radius 3 is 2.89 bits per heavy atom. The van der Waals surface area contributed by atoms with Crippen LogP contribution in [-0.2, 0) is 0 Å². The van der Waals surface area contributed by atoms with Gasteiger partial charge in [0.2, 0.25) is 5.82 Å². The van der Waals surface area contributed by atoms with E-state index < -0.39 is 22.3 Å². The highest BCUT2D eigenvalue weighted by molar-refractivity contribution is 6.02. The second kappa shape index (κ2) is 4.57. The summed E-state index contributed by atoms with van der Waals surface area (Å²) in [7, 11) is 0. The zero-order valence-electron chi connectivity index (χ0n) is 8.75. The summed E-state index contributed by atoms with van der Waals surface area (Å²) >= 11 is 0. The number of carbonyl (C=O) groups is 1. The van der Waals surface area contributed by atoms with E-state index in [2.05, 4.69) is 20.5 Å². The smallest absolute Gasteiger partial charge is 0.295 e. The molecule has 18 heavy (non-hydrogen) atoms. The van der Waals surface area contributed by atoms with Crippen LogP contribution in [0.4, 0.5) is 15.8 Å². The number of rotatable bonds is 3. The molecule has 0 saturated heterocycles. The first-order chi connectivity index (χ1) is 8.58. The zero-order valence-corrected chi connectivity index (χ0v) is 8.75. The minimum atomic E-state index is -0.793. The van der Waals surface area contributed by atoms with Gasteiger partial charge < -0.3 is 5.32 Å². The zero-order chi connectivity index (χ0) is 13.1. The molecule has 2 aromatic rings. The van der Waals surface area contributed by atoms with Gasteiger partial charge in [-0.05, 0) is 12.1 Å². The molecule has 1 aromatic heterocycles. The number of nitrogens with zero attached hydrogens (tertiary/aromatic N) is 3. The lowest BCUT2D eigenvalue weighted by molar-refractivity contribution is -0.384. The lowest BCUT2D eigenvalue weighted by Gasteiger charge is -2.03. The number of anilines is 1. The van der Waals surface area contributed by atoms with Crippen LogP contribution in [0.3, 0.4) is 0 Å². The Hall–Kier alpha value is -2.84. The van der Waals surface area contributed by atoms with Crippen molar-refractivity contribution in [1.29, 1.82) is 0 Å². The van der Waals surface area contributed by atoms with Gasteiger partial charge in [-0.1, -0.05) is 0 Å². The summed E-state index contributed by atoms with van der Waals surface area (Å²) in [5.74, 6) is -1.57. The van der Waals surface area contributed by atoms with E-state index in [1.54, 1.807) is 0 Å². The average molecular weight is 251 g/mol. The first kappa shape index (κ1) is 11.6. The number of nitro benzene ring substituents is 1. The largest absolute Gasteiger partial charge is 0.313 e. The number of hydrogen-bond donors (Lipinski definition) is 2. The summed E-state index contributed by atoms with van der Waals surface area (Å²) in [5.41, 5.74) is -0.661. The SMILES string of the molecule is O=C(Nc1ccc(F)cc1[N+](=O)[O-])c1ncn[nH]1. The summed E-state index contributed by atoms with van der Waals surface area (Å²) in [6.45, 7) is 0. The predicted molar refractivity (Wildman–Crippen MR) is 57.4 cm³/mol. The van der Waals surface area contributed by atoms with Crippen LogP contribution < -0.4 is 5.32 Å². The second-order valence-corrected chi connectivity index (χ2v) is 3.21. The molecule has 92 valence electrons. The molecular formula is C9H6FN5O3. The van der Waals surface area contributed by atoms with Crippen LogP contribution >= 0.6 is 0 Å². The van der Waals surface area contributed by atoms with Crippen LogP contribution in [0.25, 0.3) is 0 Å². The van der Waals surface area contributed by atoms with Gasteiger partial charge in [-0.3, -0.25) is 20.0 Å². The van der Waals surface area contributed by atoms with Crippen molar-refractivity contribution in [3.05, 3.63) is 46.3 Å². The van der Waals surface area contributed by atoms with Gasteiger partial charge in [0.15, 0.2) is 0 Å². The molecule has 9 heteroatoms. The van der Waals surface area contributed by atoms with Gasteiger partial charge in [0, 0.05) is 0 Å². The topological polar surface area (TPSA) is 114 Å². The van der Waals surface area contributed by atoms with Crippen LogP contribution in [0.5, 0.6) is 0 Å². The van der Waals surface area contributed by atoms with E-state index in [4.69, 9.17) is 0 Å². The number of nitrogens with one attached hydrogen (secondary N) is 2. The molecule has 0 radical (unpaired) electrons. The van der Waals surface area contributed by atoms with E-state index in [1.165, 1.54) is 0 Å². The van der Waals surface area contributed by atoms with Crippen LogP contribution in [0, 0.1) is 15.9 Å². The van der Waals surface area contributed by atoms with Crippen LogP contribution in [-0.4, -0.2) is 26.0 Å². The van der Waals surface area contributed by atoms with Gasteiger partial charge in [0.05, 0.1) is 11.0 Å². The molecule has 0 unspecified atom stereocenters. The number of benzene rings is 1. The number of aromatic nitrogens is 3. The number of carbonyl (C=O) groups excluding carboxylic acids is 1. The molecular weight excluding hydrogens is 245 g/mol. The standard InChI is InChI=1S/C9H6FN5O3/c10-5-1-2-6(7(3-5)15(17)18)13-9(16)8-11-4-12-14-8/h1-4H,(H,13,16)(H,11,12,14). The summed E-state index contributed by atoms with van der Waals surface area (Å²) < 4.78 is 12.9. The molecule has 0 spiro atoms.